The van der Waals surface area contributed by atoms with E-state index in [1.54, 1.807) is 12.4 Å². The van der Waals surface area contributed by atoms with Crippen molar-refractivity contribution in [2.45, 2.75) is 25.4 Å². The second-order valence-electron chi connectivity index (χ2n) is 7.47. The van der Waals surface area contributed by atoms with Gasteiger partial charge in [0.1, 0.15) is 11.6 Å². The second-order valence-corrected chi connectivity index (χ2v) is 7.47. The highest BCUT2D eigenvalue weighted by atomic mass is 16.1. The molecule has 0 aromatic carbocycles. The molecule has 26 heavy (non-hydrogen) atoms. The molecule has 2 aliphatic rings. The van der Waals surface area contributed by atoms with E-state index in [2.05, 4.69) is 30.5 Å². The van der Waals surface area contributed by atoms with E-state index in [1.165, 1.54) is 0 Å². The fourth-order valence-corrected chi connectivity index (χ4v) is 4.52. The number of fused-ring (bicyclic) bond motifs is 4. The summed E-state index contributed by atoms with van der Waals surface area (Å²) in [6.45, 7) is 3.64. The maximum Gasteiger partial charge on any atom is 0.261 e. The molecule has 3 aromatic heterocycles. The molecule has 0 spiro atoms. The van der Waals surface area contributed by atoms with Gasteiger partial charge in [-0.2, -0.15) is 0 Å². The lowest BCUT2D eigenvalue weighted by Gasteiger charge is -2.42. The van der Waals surface area contributed by atoms with Crippen LogP contribution in [0.25, 0.3) is 11.4 Å². The normalized spacial score (nSPS) is 22.3. The maximum absolute atomic E-state index is 13.0. The number of hydrogen-bond acceptors (Lipinski definition) is 4. The monoisotopic (exact) mass is 350 g/mol. The van der Waals surface area contributed by atoms with Crippen LogP contribution in [0.2, 0.25) is 0 Å². The lowest BCUT2D eigenvalue weighted by molar-refractivity contribution is 0.111. The fraction of sp³-hybridized carbons (Fsp3) is 0.421. The molecule has 0 unspecified atom stereocenters. The van der Waals surface area contributed by atoms with E-state index in [0.717, 1.165) is 44.1 Å². The Morgan fingerprint density at radius 2 is 2.12 bits per heavy atom. The third kappa shape index (κ3) is 2.50. The fourth-order valence-electron chi connectivity index (χ4n) is 4.52. The van der Waals surface area contributed by atoms with Crippen molar-refractivity contribution in [1.82, 2.24) is 29.0 Å². The molecule has 5 rings (SSSR count). The van der Waals surface area contributed by atoms with Crippen molar-refractivity contribution in [3.63, 3.8) is 0 Å². The van der Waals surface area contributed by atoms with Crippen LogP contribution in [0.5, 0.6) is 0 Å². The quantitative estimate of drug-likeness (QED) is 0.779. The van der Waals surface area contributed by atoms with Gasteiger partial charge < -0.3 is 14.1 Å². The molecule has 5 heterocycles. The molecule has 0 aliphatic carbocycles. The first-order valence-electron chi connectivity index (χ1n) is 9.11. The number of nitrogens with zero attached hydrogens (tertiary/aromatic N) is 5. The number of nitrogens with one attached hydrogen (secondary N) is 1. The average Bonchev–Trinajstić information content (AvgIpc) is 3.29. The van der Waals surface area contributed by atoms with Crippen molar-refractivity contribution in [2.75, 3.05) is 13.1 Å². The number of imidazole rings is 2. The van der Waals surface area contributed by atoms with E-state index in [0.29, 0.717) is 23.2 Å². The SMILES string of the molecule is Cn1ccnc1CN1C[C@@H]2C[C@H](C1)c1ccc(-c3ncc[nH]3)c(=O)n1C2. The van der Waals surface area contributed by atoms with Gasteiger partial charge in [-0.1, -0.05) is 0 Å². The number of hydrogen-bond donors (Lipinski definition) is 1. The van der Waals surface area contributed by atoms with Crippen molar-refractivity contribution >= 4 is 0 Å². The van der Waals surface area contributed by atoms with Gasteiger partial charge in [0, 0.05) is 63.1 Å². The molecule has 2 aliphatic heterocycles. The van der Waals surface area contributed by atoms with Crippen LogP contribution in [0.15, 0.2) is 41.7 Å². The molecule has 1 saturated heterocycles. The maximum atomic E-state index is 13.0. The number of H-pyrrole nitrogens is 1. The number of aromatic nitrogens is 5. The van der Waals surface area contributed by atoms with Gasteiger partial charge in [0.25, 0.3) is 5.56 Å². The van der Waals surface area contributed by atoms with E-state index < -0.39 is 0 Å². The highest BCUT2D eigenvalue weighted by Crippen LogP contribution is 2.36. The second kappa shape index (κ2) is 5.95. The van der Waals surface area contributed by atoms with Gasteiger partial charge in [-0.05, 0) is 24.5 Å². The summed E-state index contributed by atoms with van der Waals surface area (Å²) in [6.07, 6.45) is 8.44. The molecule has 0 saturated carbocycles. The highest BCUT2D eigenvalue weighted by molar-refractivity contribution is 5.53. The molecule has 0 amide bonds. The van der Waals surface area contributed by atoms with Crippen LogP contribution in [0.3, 0.4) is 0 Å². The predicted molar refractivity (Wildman–Crippen MR) is 97.6 cm³/mol. The minimum atomic E-state index is 0.0738. The summed E-state index contributed by atoms with van der Waals surface area (Å²) in [4.78, 5) is 27.2. The van der Waals surface area contributed by atoms with Gasteiger partial charge in [-0.15, -0.1) is 0 Å². The average molecular weight is 350 g/mol. The standard InChI is InChI=1S/C19H22N6O/c1-23-7-6-20-17(23)12-24-9-13-8-14(11-24)16-3-2-15(18-21-4-5-22-18)19(26)25(16)10-13/h2-7,13-14H,8-12H2,1H3,(H,21,22)/t13-,14+/m0/s1. The Bertz CT molecular complexity index is 986. The Kier molecular flexibility index (Phi) is 3.56. The summed E-state index contributed by atoms with van der Waals surface area (Å²) in [5, 5.41) is 0. The zero-order valence-electron chi connectivity index (χ0n) is 14.8. The summed E-state index contributed by atoms with van der Waals surface area (Å²) in [7, 11) is 2.04. The van der Waals surface area contributed by atoms with Crippen LogP contribution in [0.4, 0.5) is 0 Å². The Morgan fingerprint density at radius 1 is 1.19 bits per heavy atom. The Labute approximate surface area is 151 Å². The molecule has 134 valence electrons. The van der Waals surface area contributed by atoms with Crippen LogP contribution in [-0.4, -0.2) is 42.1 Å². The van der Waals surface area contributed by atoms with E-state index >= 15 is 0 Å². The van der Waals surface area contributed by atoms with Gasteiger partial charge in [-0.25, -0.2) is 9.97 Å². The molecule has 2 atom stereocenters. The molecular formula is C19H22N6O. The highest BCUT2D eigenvalue weighted by Gasteiger charge is 2.35. The van der Waals surface area contributed by atoms with E-state index in [4.69, 9.17) is 0 Å². The van der Waals surface area contributed by atoms with Crippen molar-refractivity contribution < 1.29 is 0 Å². The first-order chi connectivity index (χ1) is 12.7. The summed E-state index contributed by atoms with van der Waals surface area (Å²) < 4.78 is 4.06. The summed E-state index contributed by atoms with van der Waals surface area (Å²) in [6, 6.07) is 4.04. The Morgan fingerprint density at radius 3 is 2.88 bits per heavy atom. The third-order valence-corrected chi connectivity index (χ3v) is 5.72. The van der Waals surface area contributed by atoms with Gasteiger partial charge >= 0.3 is 0 Å². The third-order valence-electron chi connectivity index (χ3n) is 5.72. The summed E-state index contributed by atoms with van der Waals surface area (Å²) in [5.74, 6) is 2.65. The lowest BCUT2D eigenvalue weighted by atomic mass is 9.83. The van der Waals surface area contributed by atoms with E-state index in [1.807, 2.05) is 30.1 Å². The van der Waals surface area contributed by atoms with Gasteiger partial charge in [0.15, 0.2) is 0 Å². The molecular weight excluding hydrogens is 328 g/mol. The molecule has 3 aromatic rings. The smallest absolute Gasteiger partial charge is 0.261 e. The van der Waals surface area contributed by atoms with Crippen molar-refractivity contribution in [3.8, 4) is 11.4 Å². The predicted octanol–water partition coefficient (Wildman–Crippen LogP) is 1.59. The van der Waals surface area contributed by atoms with Crippen LogP contribution in [0, 0.1) is 5.92 Å². The number of aryl methyl sites for hydroxylation is 1. The Balaban J connectivity index is 1.45. The van der Waals surface area contributed by atoms with E-state index in [-0.39, 0.29) is 5.56 Å². The topological polar surface area (TPSA) is 71.7 Å². The summed E-state index contributed by atoms with van der Waals surface area (Å²) >= 11 is 0. The minimum absolute atomic E-state index is 0.0738. The van der Waals surface area contributed by atoms with Crippen LogP contribution in [-0.2, 0) is 20.1 Å². The van der Waals surface area contributed by atoms with Crippen LogP contribution < -0.4 is 5.56 Å². The van der Waals surface area contributed by atoms with Gasteiger partial charge in [0.05, 0.1) is 12.1 Å². The zero-order chi connectivity index (χ0) is 17.7. The number of aromatic amines is 1. The first-order valence-corrected chi connectivity index (χ1v) is 9.11. The minimum Gasteiger partial charge on any atom is -0.344 e. The van der Waals surface area contributed by atoms with Crippen LogP contribution >= 0.6 is 0 Å². The summed E-state index contributed by atoms with van der Waals surface area (Å²) in [5.41, 5.74) is 1.89. The molecule has 1 N–H and O–H groups in total. The molecule has 0 radical (unpaired) electrons. The van der Waals surface area contributed by atoms with Crippen molar-refractivity contribution in [1.29, 1.82) is 0 Å². The van der Waals surface area contributed by atoms with Gasteiger partial charge in [0.2, 0.25) is 0 Å². The van der Waals surface area contributed by atoms with E-state index in [9.17, 15) is 4.79 Å². The Hall–Kier alpha value is -2.67. The number of rotatable bonds is 3. The number of pyridine rings is 1. The molecule has 1 fully saturated rings. The molecule has 7 heteroatoms. The van der Waals surface area contributed by atoms with Crippen molar-refractivity contribution in [2.24, 2.45) is 13.0 Å². The van der Waals surface area contributed by atoms with Gasteiger partial charge in [-0.3, -0.25) is 9.69 Å². The number of piperidine rings is 1. The van der Waals surface area contributed by atoms with Crippen molar-refractivity contribution in [3.05, 3.63) is 58.8 Å². The lowest BCUT2D eigenvalue weighted by Crippen LogP contribution is -2.47. The first kappa shape index (κ1) is 15.6. The largest absolute Gasteiger partial charge is 0.344 e. The molecule has 7 nitrogen and oxygen atoms in total. The molecule has 2 bridgehead atoms. The zero-order valence-corrected chi connectivity index (χ0v) is 14.8. The van der Waals surface area contributed by atoms with Crippen LogP contribution in [0.1, 0.15) is 23.9 Å². The number of likely N-dealkylation sites (tertiary alicyclic amines) is 1.